The Kier molecular flexibility index (Phi) is 16.5. The van der Waals surface area contributed by atoms with E-state index < -0.39 is 31.5 Å². The van der Waals surface area contributed by atoms with Crippen LogP contribution in [0.2, 0.25) is 39.3 Å². The van der Waals surface area contributed by atoms with Gasteiger partial charge in [0.25, 0.3) is 22.6 Å². The topological polar surface area (TPSA) is 92.3 Å². The summed E-state index contributed by atoms with van der Waals surface area (Å²) in [6.07, 6.45) is 0.601. The van der Waals surface area contributed by atoms with Gasteiger partial charge in [-0.15, -0.1) is 0 Å². The maximum atomic E-state index is 13.8. The van der Waals surface area contributed by atoms with E-state index in [-0.39, 0.29) is 51.6 Å². The zero-order valence-corrected chi connectivity index (χ0v) is 30.7. The zero-order chi connectivity index (χ0) is 30.8. The second-order valence-corrected chi connectivity index (χ2v) is 26.5. The van der Waals surface area contributed by atoms with Crippen LogP contribution in [0.5, 0.6) is 0 Å². The first-order valence-electron chi connectivity index (χ1n) is 14.8. The Morgan fingerprint density at radius 3 is 1.31 bits per heavy atom. The van der Waals surface area contributed by atoms with Crippen LogP contribution in [0.4, 0.5) is 0 Å². The van der Waals surface area contributed by atoms with Crippen LogP contribution in [0, 0.1) is 0 Å². The Hall–Kier alpha value is -0.569. The van der Waals surface area contributed by atoms with Crippen molar-refractivity contribution >= 4 is 37.4 Å². The summed E-state index contributed by atoms with van der Waals surface area (Å²) in [6, 6.07) is -0.204. The van der Waals surface area contributed by atoms with Crippen LogP contribution in [-0.4, -0.2) is 71.3 Å². The lowest BCUT2D eigenvalue weighted by Gasteiger charge is -2.42. The van der Waals surface area contributed by atoms with Crippen LogP contribution in [0.25, 0.3) is 0 Å². The highest BCUT2D eigenvalue weighted by Gasteiger charge is 2.50. The molecule has 11 heteroatoms. The number of hydrogen-bond acceptors (Lipinski definition) is 8. The molecule has 0 spiro atoms. The third-order valence-electron chi connectivity index (χ3n) is 8.62. The molecule has 0 aromatic carbocycles. The molecule has 0 radical (unpaired) electrons. The Labute approximate surface area is 243 Å². The van der Waals surface area contributed by atoms with Crippen LogP contribution in [0.1, 0.15) is 95.9 Å². The molecule has 0 aliphatic heterocycles. The highest BCUT2D eigenvalue weighted by molar-refractivity contribution is 6.79. The van der Waals surface area contributed by atoms with E-state index in [0.717, 1.165) is 0 Å². The summed E-state index contributed by atoms with van der Waals surface area (Å²) in [5.41, 5.74) is 1.52. The van der Waals surface area contributed by atoms with Crippen molar-refractivity contribution in [3.8, 4) is 0 Å². The number of carbonyl (C=O) groups excluding carboxylic acids is 2. The summed E-state index contributed by atoms with van der Waals surface area (Å²) < 4.78 is 29.5. The van der Waals surface area contributed by atoms with Crippen molar-refractivity contribution in [2.24, 2.45) is 0 Å². The Bertz CT molecular complexity index is 689. The monoisotopic (exact) mass is 607 g/mol. The molecule has 39 heavy (non-hydrogen) atoms. The van der Waals surface area contributed by atoms with Gasteiger partial charge >= 0.3 is 14.8 Å². The smallest absolute Gasteiger partial charge is 0.500 e. The minimum Gasteiger partial charge on any atom is -0.518 e. The molecular formula is C28H61NO7Si3. The van der Waals surface area contributed by atoms with Crippen molar-refractivity contribution in [1.29, 1.82) is 0 Å². The summed E-state index contributed by atoms with van der Waals surface area (Å²) >= 11 is 0. The van der Waals surface area contributed by atoms with Gasteiger partial charge in [0.15, 0.2) is 0 Å². The fourth-order valence-corrected chi connectivity index (χ4v) is 18.8. The Morgan fingerprint density at radius 1 is 0.615 bits per heavy atom. The van der Waals surface area contributed by atoms with Crippen molar-refractivity contribution in [1.82, 2.24) is 5.32 Å². The van der Waals surface area contributed by atoms with Gasteiger partial charge < -0.3 is 27.4 Å². The van der Waals surface area contributed by atoms with E-state index in [1.165, 1.54) is 0 Å². The normalized spacial score (nSPS) is 14.3. The van der Waals surface area contributed by atoms with Gasteiger partial charge in [-0.3, -0.25) is 9.59 Å². The molecule has 1 atom stereocenters. The van der Waals surface area contributed by atoms with Crippen LogP contribution in [0.15, 0.2) is 0 Å². The average Bonchev–Trinajstić information content (AvgIpc) is 2.84. The van der Waals surface area contributed by atoms with Gasteiger partial charge in [0, 0.05) is 27.4 Å². The minimum absolute atomic E-state index is 0.0556. The third kappa shape index (κ3) is 9.47. The van der Waals surface area contributed by atoms with Crippen molar-refractivity contribution < 1.29 is 31.7 Å². The summed E-state index contributed by atoms with van der Waals surface area (Å²) in [5, 5.41) is 3.33. The van der Waals surface area contributed by atoms with Gasteiger partial charge in [0.1, 0.15) is 6.04 Å². The molecule has 1 N–H and O–H groups in total. The summed E-state index contributed by atoms with van der Waals surface area (Å²) in [7, 11) is -2.89. The number of hydrogen-bond donors (Lipinski definition) is 1. The number of carbonyl (C=O) groups is 2. The quantitative estimate of drug-likeness (QED) is 0.123. The van der Waals surface area contributed by atoms with E-state index in [0.29, 0.717) is 19.0 Å². The summed E-state index contributed by atoms with van der Waals surface area (Å²) in [5.74, 6) is -0.679. The fourth-order valence-electron chi connectivity index (χ4n) is 6.73. The van der Waals surface area contributed by atoms with Crippen molar-refractivity contribution in [2.45, 2.75) is 141 Å². The van der Waals surface area contributed by atoms with Crippen molar-refractivity contribution in [3.63, 3.8) is 0 Å². The predicted molar refractivity (Wildman–Crippen MR) is 167 cm³/mol. The molecule has 0 saturated carbocycles. The second-order valence-electron chi connectivity index (χ2n) is 12.6. The van der Waals surface area contributed by atoms with Gasteiger partial charge in [-0.25, -0.2) is 0 Å². The first-order chi connectivity index (χ1) is 17.9. The van der Waals surface area contributed by atoms with E-state index in [4.69, 9.17) is 22.1 Å². The lowest BCUT2D eigenvalue weighted by atomic mass is 10.2. The minimum atomic E-state index is -2.74. The maximum Gasteiger partial charge on any atom is 0.500 e. The van der Waals surface area contributed by atoms with Gasteiger partial charge in [-0.2, -0.15) is 0 Å². The lowest BCUT2D eigenvalue weighted by Crippen LogP contribution is -2.54. The van der Waals surface area contributed by atoms with E-state index in [1.807, 2.05) is 0 Å². The SMILES string of the molecule is CO[Si](CCCNC(CC(=O)O[Si](C(C)C)(C(C)C)C(C)C)C(=O)O[Si](C(C)C)(C(C)C)C(C)C)(OC)OC. The standard InChI is InChI=1S/C28H61NO7Si3/c1-20(2)38(21(3)4,22(5)6)35-27(30)19-26(29-17-16-18-37(32-13,33-14)34-15)28(31)36-39(23(7)8,24(9)10)25(11)12/h20-26,29H,16-19H2,1-15H3. The molecule has 0 saturated heterocycles. The van der Waals surface area contributed by atoms with Gasteiger partial charge in [-0.1, -0.05) is 83.1 Å². The molecule has 0 aromatic heterocycles. The van der Waals surface area contributed by atoms with Crippen molar-refractivity contribution in [2.75, 3.05) is 27.9 Å². The van der Waals surface area contributed by atoms with Crippen LogP contribution >= 0.6 is 0 Å². The molecule has 8 nitrogen and oxygen atoms in total. The highest BCUT2D eigenvalue weighted by Crippen LogP contribution is 2.44. The van der Waals surface area contributed by atoms with E-state index in [2.05, 4.69) is 88.4 Å². The zero-order valence-electron chi connectivity index (χ0n) is 27.7. The Morgan fingerprint density at radius 2 is 0.974 bits per heavy atom. The number of nitrogens with one attached hydrogen (secondary N) is 1. The molecule has 0 heterocycles. The molecule has 0 bridgehead atoms. The number of rotatable bonds is 19. The molecule has 0 amide bonds. The molecule has 0 rings (SSSR count). The third-order valence-corrected chi connectivity index (χ3v) is 23.4. The van der Waals surface area contributed by atoms with E-state index in [9.17, 15) is 9.59 Å². The van der Waals surface area contributed by atoms with Gasteiger partial charge in [0.2, 0.25) is 0 Å². The average molecular weight is 608 g/mol. The summed E-state index contributed by atoms with van der Waals surface area (Å²) in [4.78, 5) is 27.3. The first kappa shape index (κ1) is 38.4. The lowest BCUT2D eigenvalue weighted by molar-refractivity contribution is -0.144. The Balaban J connectivity index is 6.07. The second kappa shape index (κ2) is 16.8. The van der Waals surface area contributed by atoms with Crippen molar-refractivity contribution in [3.05, 3.63) is 0 Å². The molecule has 232 valence electrons. The van der Waals surface area contributed by atoms with Gasteiger partial charge in [-0.05, 0) is 46.2 Å². The van der Waals surface area contributed by atoms with E-state index >= 15 is 0 Å². The highest BCUT2D eigenvalue weighted by atomic mass is 28.4. The fraction of sp³-hybridized carbons (Fsp3) is 0.929. The largest absolute Gasteiger partial charge is 0.518 e. The molecule has 0 aliphatic rings. The summed E-state index contributed by atoms with van der Waals surface area (Å²) in [6.45, 7) is 26.3. The molecule has 1 unspecified atom stereocenters. The maximum absolute atomic E-state index is 13.8. The van der Waals surface area contributed by atoms with E-state index in [1.54, 1.807) is 21.3 Å². The molecule has 0 aromatic rings. The molecular weight excluding hydrogens is 547 g/mol. The van der Waals surface area contributed by atoms with Crippen LogP contribution < -0.4 is 5.32 Å². The first-order valence-corrected chi connectivity index (χ1v) is 21.0. The molecule has 0 fully saturated rings. The molecule has 0 aliphatic carbocycles. The predicted octanol–water partition coefficient (Wildman–Crippen LogP) is 7.04. The van der Waals surface area contributed by atoms with Gasteiger partial charge in [0.05, 0.1) is 6.42 Å². The van der Waals surface area contributed by atoms with Crippen LogP contribution in [-0.2, 0) is 31.7 Å². The van der Waals surface area contributed by atoms with Crippen LogP contribution in [0.3, 0.4) is 0 Å².